The molecular formula is C17H26N2O2S. The van der Waals surface area contributed by atoms with Crippen LogP contribution < -0.4 is 5.32 Å². The monoisotopic (exact) mass is 322 g/mol. The van der Waals surface area contributed by atoms with Gasteiger partial charge < -0.3 is 15.0 Å². The Hall–Kier alpha value is -0.910. The topological polar surface area (TPSA) is 41.6 Å². The van der Waals surface area contributed by atoms with Gasteiger partial charge >= 0.3 is 0 Å². The van der Waals surface area contributed by atoms with Gasteiger partial charge in [0.1, 0.15) is 0 Å². The van der Waals surface area contributed by atoms with E-state index in [9.17, 15) is 4.79 Å². The minimum Gasteiger partial charge on any atom is -0.365 e. The Morgan fingerprint density at radius 3 is 2.73 bits per heavy atom. The van der Waals surface area contributed by atoms with Gasteiger partial charge in [-0.25, -0.2) is 0 Å². The normalized spacial score (nSPS) is 23.7. The van der Waals surface area contributed by atoms with Crippen molar-refractivity contribution in [2.45, 2.75) is 51.2 Å². The van der Waals surface area contributed by atoms with E-state index in [0.29, 0.717) is 13.1 Å². The molecule has 0 unspecified atom stereocenters. The van der Waals surface area contributed by atoms with Crippen LogP contribution in [0.5, 0.6) is 0 Å². The zero-order valence-electron chi connectivity index (χ0n) is 13.8. The highest BCUT2D eigenvalue weighted by atomic mass is 32.1. The van der Waals surface area contributed by atoms with E-state index in [1.807, 2.05) is 16.3 Å². The lowest BCUT2D eigenvalue weighted by molar-refractivity contribution is -0.197. The Morgan fingerprint density at radius 1 is 1.36 bits per heavy atom. The maximum Gasteiger partial charge on any atom is 0.254 e. The van der Waals surface area contributed by atoms with E-state index in [1.165, 1.54) is 4.88 Å². The van der Waals surface area contributed by atoms with Crippen molar-refractivity contribution in [1.29, 1.82) is 0 Å². The predicted molar refractivity (Wildman–Crippen MR) is 89.6 cm³/mol. The number of ether oxygens (including phenoxy) is 1. The van der Waals surface area contributed by atoms with E-state index in [1.54, 1.807) is 11.3 Å². The molecule has 5 heteroatoms. The minimum atomic E-state index is -0.283. The number of hydrogen-bond acceptors (Lipinski definition) is 4. The lowest BCUT2D eigenvalue weighted by atomic mass is 9.87. The lowest BCUT2D eigenvalue weighted by Crippen LogP contribution is -2.63. The van der Waals surface area contributed by atoms with Crippen molar-refractivity contribution < 1.29 is 9.53 Å². The Labute approximate surface area is 136 Å². The van der Waals surface area contributed by atoms with E-state index in [0.717, 1.165) is 37.9 Å². The average molecular weight is 322 g/mol. The van der Waals surface area contributed by atoms with Crippen LogP contribution in [-0.2, 0) is 11.2 Å². The Balaban J connectivity index is 1.81. The molecule has 1 aromatic rings. The molecule has 0 aliphatic carbocycles. The number of morpholine rings is 1. The molecule has 0 aromatic carbocycles. The Morgan fingerprint density at radius 2 is 2.09 bits per heavy atom. The van der Waals surface area contributed by atoms with Crippen LogP contribution >= 0.6 is 11.3 Å². The first-order chi connectivity index (χ1) is 10.4. The number of piperidine rings is 1. The lowest BCUT2D eigenvalue weighted by Gasteiger charge is -2.51. The van der Waals surface area contributed by atoms with Crippen molar-refractivity contribution >= 4 is 17.2 Å². The smallest absolute Gasteiger partial charge is 0.254 e. The molecule has 1 spiro atoms. The van der Waals surface area contributed by atoms with E-state index in [2.05, 4.69) is 26.1 Å². The van der Waals surface area contributed by atoms with Crippen molar-refractivity contribution in [3.63, 3.8) is 0 Å². The van der Waals surface area contributed by atoms with Gasteiger partial charge in [0, 0.05) is 16.8 Å². The van der Waals surface area contributed by atoms with Crippen LogP contribution in [0.4, 0.5) is 0 Å². The summed E-state index contributed by atoms with van der Waals surface area (Å²) in [6.07, 6.45) is 2.94. The molecule has 4 nitrogen and oxygen atoms in total. The van der Waals surface area contributed by atoms with Crippen LogP contribution in [0.3, 0.4) is 0 Å². The summed E-state index contributed by atoms with van der Waals surface area (Å²) in [6, 6.07) is 2.05. The van der Waals surface area contributed by atoms with Crippen molar-refractivity contribution in [2.75, 3.05) is 26.2 Å². The molecule has 22 heavy (non-hydrogen) atoms. The number of nitrogens with zero attached hydrogens (tertiary/aromatic N) is 1. The van der Waals surface area contributed by atoms with Crippen molar-refractivity contribution in [3.8, 4) is 0 Å². The van der Waals surface area contributed by atoms with Crippen molar-refractivity contribution in [3.05, 3.63) is 21.9 Å². The molecule has 1 N–H and O–H groups in total. The summed E-state index contributed by atoms with van der Waals surface area (Å²) >= 11 is 1.68. The fraction of sp³-hybridized carbons (Fsp3) is 0.706. The van der Waals surface area contributed by atoms with Crippen LogP contribution in [0.2, 0.25) is 0 Å². The third-order valence-corrected chi connectivity index (χ3v) is 5.68. The number of aryl methyl sites for hydroxylation is 1. The first-order valence-electron chi connectivity index (χ1n) is 8.21. The molecule has 0 bridgehead atoms. The summed E-state index contributed by atoms with van der Waals surface area (Å²) in [5.41, 5.74) is 0.379. The van der Waals surface area contributed by atoms with Crippen LogP contribution in [0.15, 0.2) is 11.4 Å². The standard InChI is InChI=1S/C17H26N2O2S/c1-4-14-9-13(10-22-14)15(20)19-11-16(2,3)21-17(12-19)5-7-18-8-6-17/h9-10,18H,4-8,11-12H2,1-3H3. The maximum absolute atomic E-state index is 12.9. The van der Waals surface area contributed by atoms with Crippen LogP contribution in [-0.4, -0.2) is 48.2 Å². The highest BCUT2D eigenvalue weighted by Gasteiger charge is 2.46. The van der Waals surface area contributed by atoms with Crippen molar-refractivity contribution in [2.24, 2.45) is 0 Å². The first kappa shape index (κ1) is 16.0. The Kier molecular flexibility index (Phi) is 4.32. The summed E-state index contributed by atoms with van der Waals surface area (Å²) in [7, 11) is 0. The summed E-state index contributed by atoms with van der Waals surface area (Å²) in [6.45, 7) is 9.64. The number of thiophene rings is 1. The first-order valence-corrected chi connectivity index (χ1v) is 9.09. The quantitative estimate of drug-likeness (QED) is 0.910. The van der Waals surface area contributed by atoms with E-state index >= 15 is 0 Å². The van der Waals surface area contributed by atoms with Gasteiger partial charge in [0.25, 0.3) is 5.91 Å². The predicted octanol–water partition coefficient (Wildman–Crippen LogP) is 2.68. The molecule has 2 saturated heterocycles. The van der Waals surface area contributed by atoms with Gasteiger partial charge in [-0.15, -0.1) is 11.3 Å². The summed E-state index contributed by atoms with van der Waals surface area (Å²) < 4.78 is 6.41. The number of carbonyl (C=O) groups excluding carboxylic acids is 1. The molecule has 0 radical (unpaired) electrons. The summed E-state index contributed by atoms with van der Waals surface area (Å²) in [4.78, 5) is 16.2. The molecule has 2 aliphatic heterocycles. The third kappa shape index (κ3) is 3.21. The maximum atomic E-state index is 12.9. The number of hydrogen-bond donors (Lipinski definition) is 1. The van der Waals surface area contributed by atoms with Gasteiger partial charge in [-0.3, -0.25) is 4.79 Å². The highest BCUT2D eigenvalue weighted by molar-refractivity contribution is 7.10. The zero-order chi connectivity index (χ0) is 15.8. The largest absolute Gasteiger partial charge is 0.365 e. The number of nitrogens with one attached hydrogen (secondary N) is 1. The summed E-state index contributed by atoms with van der Waals surface area (Å²) in [5.74, 6) is 0.158. The fourth-order valence-corrected chi connectivity index (χ4v) is 4.47. The molecule has 122 valence electrons. The minimum absolute atomic E-state index is 0.158. The third-order valence-electron chi connectivity index (χ3n) is 4.59. The second-order valence-electron chi connectivity index (χ2n) is 7.11. The van der Waals surface area contributed by atoms with Gasteiger partial charge in [-0.1, -0.05) is 6.92 Å². The Bertz CT molecular complexity index is 547. The molecule has 1 amide bonds. The zero-order valence-corrected chi connectivity index (χ0v) is 14.6. The SMILES string of the molecule is CCc1cc(C(=O)N2CC(C)(C)OC3(CCNCC3)C2)cs1. The van der Waals surface area contributed by atoms with Crippen LogP contribution in [0, 0.1) is 0 Å². The number of rotatable bonds is 2. The van der Waals surface area contributed by atoms with Crippen molar-refractivity contribution in [1.82, 2.24) is 10.2 Å². The van der Waals surface area contributed by atoms with Gasteiger partial charge in [-0.2, -0.15) is 0 Å². The molecule has 0 atom stereocenters. The van der Waals surface area contributed by atoms with Gasteiger partial charge in [0.2, 0.25) is 0 Å². The molecular weight excluding hydrogens is 296 g/mol. The molecule has 1 aromatic heterocycles. The molecule has 2 fully saturated rings. The molecule has 3 heterocycles. The van der Waals surface area contributed by atoms with E-state index in [-0.39, 0.29) is 17.1 Å². The molecule has 0 saturated carbocycles. The molecule has 2 aliphatic rings. The number of carbonyl (C=O) groups is 1. The van der Waals surface area contributed by atoms with Crippen LogP contribution in [0.1, 0.15) is 48.8 Å². The second kappa shape index (κ2) is 5.95. The second-order valence-corrected chi connectivity index (χ2v) is 8.11. The van der Waals surface area contributed by atoms with Crippen LogP contribution in [0.25, 0.3) is 0 Å². The van der Waals surface area contributed by atoms with E-state index in [4.69, 9.17) is 4.74 Å². The van der Waals surface area contributed by atoms with E-state index < -0.39 is 0 Å². The molecule has 3 rings (SSSR count). The summed E-state index contributed by atoms with van der Waals surface area (Å²) in [5, 5.41) is 5.39. The fourth-order valence-electron chi connectivity index (χ4n) is 3.66. The van der Waals surface area contributed by atoms with Gasteiger partial charge in [-0.05, 0) is 52.3 Å². The van der Waals surface area contributed by atoms with Gasteiger partial charge in [0.05, 0.1) is 23.3 Å². The number of amides is 1. The highest BCUT2D eigenvalue weighted by Crippen LogP contribution is 2.35. The van der Waals surface area contributed by atoms with Gasteiger partial charge in [0.15, 0.2) is 0 Å². The average Bonchev–Trinajstić information content (AvgIpc) is 2.94.